The van der Waals surface area contributed by atoms with Crippen LogP contribution in [0.15, 0.2) is 46.9 Å². The average Bonchev–Trinajstić information content (AvgIpc) is 2.53. The predicted octanol–water partition coefficient (Wildman–Crippen LogP) is 3.60. The summed E-state index contributed by atoms with van der Waals surface area (Å²) in [4.78, 5) is 23.5. The topological polar surface area (TPSA) is 67.4 Å². The number of carbonyl (C=O) groups excluding carboxylic acids is 2. The summed E-state index contributed by atoms with van der Waals surface area (Å²) in [6.45, 7) is -0.343. The number of ether oxygens (including phenoxy) is 1. The first-order chi connectivity index (χ1) is 11.0. The van der Waals surface area contributed by atoms with Gasteiger partial charge in [0.05, 0.1) is 10.0 Å². The lowest BCUT2D eigenvalue weighted by Crippen LogP contribution is -2.43. The van der Waals surface area contributed by atoms with E-state index >= 15 is 0 Å². The van der Waals surface area contributed by atoms with E-state index in [0.717, 1.165) is 4.47 Å². The van der Waals surface area contributed by atoms with Crippen LogP contribution in [0.1, 0.15) is 10.4 Å². The van der Waals surface area contributed by atoms with Crippen molar-refractivity contribution >= 4 is 50.9 Å². The minimum absolute atomic E-state index is 0.213. The third-order valence-corrected chi connectivity index (χ3v) is 3.81. The molecule has 120 valence electrons. The minimum Gasteiger partial charge on any atom is -0.481 e. The van der Waals surface area contributed by atoms with Gasteiger partial charge in [-0.05, 0) is 36.4 Å². The van der Waals surface area contributed by atoms with Crippen molar-refractivity contribution in [1.82, 2.24) is 10.9 Å². The summed E-state index contributed by atoms with van der Waals surface area (Å²) in [6.07, 6.45) is 0. The predicted molar refractivity (Wildman–Crippen MR) is 91.7 cm³/mol. The maximum atomic E-state index is 11.8. The van der Waals surface area contributed by atoms with Crippen molar-refractivity contribution in [3.63, 3.8) is 0 Å². The van der Waals surface area contributed by atoms with Crippen LogP contribution in [0.2, 0.25) is 10.0 Å². The van der Waals surface area contributed by atoms with Crippen LogP contribution < -0.4 is 15.6 Å². The molecule has 2 aromatic carbocycles. The molecule has 0 radical (unpaired) electrons. The van der Waals surface area contributed by atoms with E-state index in [-0.39, 0.29) is 12.4 Å². The third-order valence-electron chi connectivity index (χ3n) is 2.69. The number of nitrogens with one attached hydrogen (secondary N) is 2. The van der Waals surface area contributed by atoms with Gasteiger partial charge in [-0.15, -0.1) is 0 Å². The molecule has 2 rings (SSSR count). The van der Waals surface area contributed by atoms with Gasteiger partial charge < -0.3 is 4.74 Å². The first kappa shape index (κ1) is 17.6. The Morgan fingerprint density at radius 1 is 1.00 bits per heavy atom. The van der Waals surface area contributed by atoms with Gasteiger partial charge in [0.1, 0.15) is 0 Å². The number of hydrogen-bond acceptors (Lipinski definition) is 3. The molecule has 5 nitrogen and oxygen atoms in total. The van der Waals surface area contributed by atoms with Gasteiger partial charge in [-0.1, -0.05) is 45.2 Å². The second kappa shape index (κ2) is 8.19. The lowest BCUT2D eigenvalue weighted by molar-refractivity contribution is -0.123. The van der Waals surface area contributed by atoms with Gasteiger partial charge in [-0.2, -0.15) is 0 Å². The molecule has 0 bridgehead atoms. The molecule has 0 aliphatic heterocycles. The van der Waals surface area contributed by atoms with Crippen molar-refractivity contribution in [2.45, 2.75) is 0 Å². The van der Waals surface area contributed by atoms with Crippen molar-refractivity contribution < 1.29 is 14.3 Å². The summed E-state index contributed by atoms with van der Waals surface area (Å²) >= 11 is 15.1. The van der Waals surface area contributed by atoms with Crippen molar-refractivity contribution in [1.29, 1.82) is 0 Å². The van der Waals surface area contributed by atoms with Crippen molar-refractivity contribution in [2.75, 3.05) is 6.61 Å². The van der Waals surface area contributed by atoms with Crippen LogP contribution in [0.3, 0.4) is 0 Å². The van der Waals surface area contributed by atoms with Crippen molar-refractivity contribution in [3.8, 4) is 5.75 Å². The highest BCUT2D eigenvalue weighted by Gasteiger charge is 2.11. The molecule has 23 heavy (non-hydrogen) atoms. The summed E-state index contributed by atoms with van der Waals surface area (Å²) in [5.41, 5.74) is 4.93. The van der Waals surface area contributed by atoms with E-state index in [1.807, 2.05) is 0 Å². The van der Waals surface area contributed by atoms with Crippen LogP contribution in [-0.2, 0) is 4.79 Å². The number of hydrogen-bond donors (Lipinski definition) is 2. The second-order valence-electron chi connectivity index (χ2n) is 4.35. The molecular formula is C15H11BrCl2N2O3. The van der Waals surface area contributed by atoms with Gasteiger partial charge in [-0.3, -0.25) is 20.4 Å². The number of benzene rings is 2. The summed E-state index contributed by atoms with van der Waals surface area (Å²) in [5.74, 6) is -0.779. The molecule has 8 heteroatoms. The standard InChI is InChI=1S/C15H11BrCl2N2O3/c16-10-6-4-9(5-7-10)15(22)20-19-13(21)8-23-14-11(17)2-1-3-12(14)18/h1-7H,8H2,(H,19,21)(H,20,22). The molecule has 0 heterocycles. The van der Waals surface area contributed by atoms with E-state index in [2.05, 4.69) is 26.8 Å². The number of para-hydroxylation sites is 1. The SMILES string of the molecule is O=C(COc1c(Cl)cccc1Cl)NNC(=O)c1ccc(Br)cc1. The average molecular weight is 418 g/mol. The number of hydrazine groups is 1. The normalized spacial score (nSPS) is 10.0. The molecule has 2 aromatic rings. The molecule has 0 unspecified atom stereocenters. The maximum absolute atomic E-state index is 11.8. The smallest absolute Gasteiger partial charge is 0.276 e. The Hall–Kier alpha value is -1.76. The summed E-state index contributed by atoms with van der Waals surface area (Å²) in [7, 11) is 0. The van der Waals surface area contributed by atoms with E-state index < -0.39 is 11.8 Å². The Kier molecular flexibility index (Phi) is 6.27. The molecule has 0 aromatic heterocycles. The van der Waals surface area contributed by atoms with E-state index in [9.17, 15) is 9.59 Å². The Bertz CT molecular complexity index is 703. The fourth-order valence-corrected chi connectivity index (χ4v) is 2.37. The lowest BCUT2D eigenvalue weighted by Gasteiger charge is -2.10. The van der Waals surface area contributed by atoms with Gasteiger partial charge in [0.25, 0.3) is 11.8 Å². The fourth-order valence-electron chi connectivity index (χ4n) is 1.59. The largest absolute Gasteiger partial charge is 0.481 e. The Morgan fingerprint density at radius 3 is 2.22 bits per heavy atom. The first-order valence-electron chi connectivity index (χ1n) is 6.39. The number of halogens is 3. The fraction of sp³-hybridized carbons (Fsp3) is 0.0667. The molecule has 2 N–H and O–H groups in total. The highest BCUT2D eigenvalue weighted by Crippen LogP contribution is 2.32. The Labute approximate surface area is 151 Å². The van der Waals surface area contributed by atoms with Crippen molar-refractivity contribution in [2.24, 2.45) is 0 Å². The first-order valence-corrected chi connectivity index (χ1v) is 7.94. The van der Waals surface area contributed by atoms with E-state index in [1.165, 1.54) is 0 Å². The van der Waals surface area contributed by atoms with Gasteiger partial charge in [0, 0.05) is 10.0 Å². The number of carbonyl (C=O) groups is 2. The quantitative estimate of drug-likeness (QED) is 0.747. The highest BCUT2D eigenvalue weighted by atomic mass is 79.9. The monoisotopic (exact) mass is 416 g/mol. The van der Waals surface area contributed by atoms with E-state index in [0.29, 0.717) is 15.6 Å². The van der Waals surface area contributed by atoms with Gasteiger partial charge >= 0.3 is 0 Å². The van der Waals surface area contributed by atoms with Crippen LogP contribution in [0.4, 0.5) is 0 Å². The number of amides is 2. The molecule has 0 aliphatic carbocycles. The van der Waals surface area contributed by atoms with Gasteiger partial charge in [0.2, 0.25) is 0 Å². The van der Waals surface area contributed by atoms with Crippen LogP contribution in [0, 0.1) is 0 Å². The van der Waals surface area contributed by atoms with Crippen LogP contribution in [0.25, 0.3) is 0 Å². The summed E-state index contributed by atoms with van der Waals surface area (Å²) in [6, 6.07) is 11.5. The van der Waals surface area contributed by atoms with Crippen LogP contribution >= 0.6 is 39.1 Å². The zero-order valence-corrected chi connectivity index (χ0v) is 14.7. The van der Waals surface area contributed by atoms with Gasteiger partial charge in [-0.25, -0.2) is 0 Å². The van der Waals surface area contributed by atoms with Crippen LogP contribution in [0.5, 0.6) is 5.75 Å². The molecule has 0 saturated carbocycles. The maximum Gasteiger partial charge on any atom is 0.276 e. The molecule has 0 aliphatic rings. The zero-order valence-electron chi connectivity index (χ0n) is 11.6. The highest BCUT2D eigenvalue weighted by molar-refractivity contribution is 9.10. The van der Waals surface area contributed by atoms with E-state index in [4.69, 9.17) is 27.9 Å². The third kappa shape index (κ3) is 5.13. The molecule has 2 amide bonds. The van der Waals surface area contributed by atoms with E-state index in [1.54, 1.807) is 42.5 Å². The molecule has 0 fully saturated rings. The molecule has 0 spiro atoms. The Morgan fingerprint density at radius 2 is 1.61 bits per heavy atom. The molecule has 0 atom stereocenters. The zero-order chi connectivity index (χ0) is 16.8. The Balaban J connectivity index is 1.83. The van der Waals surface area contributed by atoms with Gasteiger partial charge in [0.15, 0.2) is 12.4 Å². The molecule has 0 saturated heterocycles. The number of rotatable bonds is 4. The van der Waals surface area contributed by atoms with Crippen LogP contribution in [-0.4, -0.2) is 18.4 Å². The minimum atomic E-state index is -0.550. The lowest BCUT2D eigenvalue weighted by atomic mass is 10.2. The molecular weight excluding hydrogens is 407 g/mol. The summed E-state index contributed by atoms with van der Waals surface area (Å²) in [5, 5.41) is 0.591. The summed E-state index contributed by atoms with van der Waals surface area (Å²) < 4.78 is 6.10. The second-order valence-corrected chi connectivity index (χ2v) is 6.08. The van der Waals surface area contributed by atoms with Crippen molar-refractivity contribution in [3.05, 3.63) is 62.5 Å².